The zero-order valence-corrected chi connectivity index (χ0v) is 49.4. The number of rotatable bonds is 45. The molecule has 0 aromatic rings. The lowest BCUT2D eigenvalue weighted by Gasteiger charge is -2.48. The molecule has 0 saturated carbocycles. The van der Waals surface area contributed by atoms with Crippen molar-refractivity contribution in [1.29, 1.82) is 0 Å². The molecule has 17 unspecified atom stereocenters. The van der Waals surface area contributed by atoms with Gasteiger partial charge in [0, 0.05) is 6.42 Å². The fourth-order valence-corrected chi connectivity index (χ4v) is 10.1. The van der Waals surface area contributed by atoms with Crippen LogP contribution in [0.25, 0.3) is 0 Å². The van der Waals surface area contributed by atoms with Gasteiger partial charge in [0.2, 0.25) is 5.91 Å². The Labute approximate surface area is 489 Å². The third-order valence-corrected chi connectivity index (χ3v) is 15.2. The minimum absolute atomic E-state index is 0.193. The van der Waals surface area contributed by atoms with Gasteiger partial charge in [-0.1, -0.05) is 177 Å². The van der Waals surface area contributed by atoms with Gasteiger partial charge in [-0.15, -0.1) is 0 Å². The molecular formula is C63H109NO18. The molecule has 17 atom stereocenters. The van der Waals surface area contributed by atoms with Crippen molar-refractivity contribution >= 4 is 5.91 Å². The lowest BCUT2D eigenvalue weighted by Crippen LogP contribution is -2.66. The van der Waals surface area contributed by atoms with E-state index in [0.717, 1.165) is 64.2 Å². The van der Waals surface area contributed by atoms with E-state index in [0.29, 0.717) is 12.8 Å². The van der Waals surface area contributed by atoms with Crippen molar-refractivity contribution in [1.82, 2.24) is 5.32 Å². The first-order valence-corrected chi connectivity index (χ1v) is 31.2. The average molecular weight is 1170 g/mol. The monoisotopic (exact) mass is 1170 g/mol. The molecule has 0 aromatic carbocycles. The molecular weight excluding hydrogens is 1060 g/mol. The van der Waals surface area contributed by atoms with Crippen LogP contribution in [0.3, 0.4) is 0 Å². The van der Waals surface area contributed by atoms with Crippen molar-refractivity contribution in [2.75, 3.05) is 26.4 Å². The number of aliphatic hydroxyl groups is 11. The van der Waals surface area contributed by atoms with E-state index in [1.165, 1.54) is 89.9 Å². The summed E-state index contributed by atoms with van der Waals surface area (Å²) in [5, 5.41) is 120. The van der Waals surface area contributed by atoms with Gasteiger partial charge in [-0.05, 0) is 77.0 Å². The molecule has 474 valence electrons. The fourth-order valence-electron chi connectivity index (χ4n) is 10.1. The molecule has 3 heterocycles. The van der Waals surface area contributed by atoms with Gasteiger partial charge in [-0.2, -0.15) is 0 Å². The van der Waals surface area contributed by atoms with Crippen molar-refractivity contribution in [2.24, 2.45) is 0 Å². The molecule has 3 saturated heterocycles. The van der Waals surface area contributed by atoms with Crippen LogP contribution >= 0.6 is 0 Å². The lowest BCUT2D eigenvalue weighted by atomic mass is 9.96. The smallest absolute Gasteiger partial charge is 0.220 e. The van der Waals surface area contributed by atoms with Gasteiger partial charge in [-0.25, -0.2) is 0 Å². The Kier molecular flexibility index (Phi) is 40.8. The van der Waals surface area contributed by atoms with Gasteiger partial charge >= 0.3 is 0 Å². The maximum absolute atomic E-state index is 13.3. The first-order valence-electron chi connectivity index (χ1n) is 31.2. The Bertz CT molecular complexity index is 1780. The summed E-state index contributed by atoms with van der Waals surface area (Å²) in [4.78, 5) is 13.3. The molecule has 3 fully saturated rings. The molecule has 0 aromatic heterocycles. The standard InChI is InChI=1S/C63H109NO18/c1-3-5-7-9-11-13-15-17-18-19-20-21-22-23-24-25-26-27-29-30-32-34-36-38-40-47(68)46(64-51(69)41-39-37-35-33-31-28-16-14-12-10-8-6-4-2)45-77-61-57(75)54(72)59(49(43-66)79-61)82-63-58(76)55(73)60(50(44-67)80-63)81-62-56(74)53(71)52(70)48(42-65)78-62/h6,8,12,14,25-26,28,30-32,38,40,46-50,52-63,65-68,70-76H,3-5,7,9-11,13,15-24,27,29,33-37,39,41-45H2,1-2H3,(H,64,69)/b8-6-,14-12-,26-25+,31-28-,32-30+,40-38+. The van der Waals surface area contributed by atoms with Crippen molar-refractivity contribution in [3.63, 3.8) is 0 Å². The third kappa shape index (κ3) is 28.6. The van der Waals surface area contributed by atoms with E-state index < -0.39 is 124 Å². The van der Waals surface area contributed by atoms with Crippen LogP contribution in [0.15, 0.2) is 72.9 Å². The molecule has 0 bridgehead atoms. The number of carbonyl (C=O) groups is 1. The average Bonchev–Trinajstić information content (AvgIpc) is 3.42. The number of amides is 1. The van der Waals surface area contributed by atoms with Gasteiger partial charge in [0.25, 0.3) is 0 Å². The van der Waals surface area contributed by atoms with E-state index in [1.807, 2.05) is 6.08 Å². The minimum Gasteiger partial charge on any atom is -0.394 e. The highest BCUT2D eigenvalue weighted by molar-refractivity contribution is 5.76. The Morgan fingerprint density at radius 2 is 0.854 bits per heavy atom. The summed E-state index contributed by atoms with van der Waals surface area (Å²) < 4.78 is 34.2. The van der Waals surface area contributed by atoms with Crippen LogP contribution in [0.5, 0.6) is 0 Å². The molecule has 0 aliphatic carbocycles. The van der Waals surface area contributed by atoms with Gasteiger partial charge < -0.3 is 89.9 Å². The van der Waals surface area contributed by atoms with Crippen LogP contribution in [-0.4, -0.2) is 193 Å². The van der Waals surface area contributed by atoms with Crippen LogP contribution < -0.4 is 5.32 Å². The van der Waals surface area contributed by atoms with E-state index >= 15 is 0 Å². The molecule has 0 radical (unpaired) electrons. The number of hydrogen-bond acceptors (Lipinski definition) is 18. The number of carbonyl (C=O) groups excluding carboxylic acids is 1. The summed E-state index contributed by atoms with van der Waals surface area (Å²) in [6, 6.07) is -1.01. The first kappa shape index (κ1) is 73.5. The number of allylic oxidation sites excluding steroid dienone is 11. The molecule has 82 heavy (non-hydrogen) atoms. The van der Waals surface area contributed by atoms with E-state index in [2.05, 4.69) is 79.9 Å². The number of ether oxygens (including phenoxy) is 6. The van der Waals surface area contributed by atoms with E-state index in [-0.39, 0.29) is 18.9 Å². The molecule has 3 aliphatic rings. The predicted octanol–water partition coefficient (Wildman–Crippen LogP) is 6.21. The van der Waals surface area contributed by atoms with Crippen LogP contribution in [0.2, 0.25) is 0 Å². The van der Waals surface area contributed by atoms with Crippen molar-refractivity contribution < 1.29 is 89.4 Å². The van der Waals surface area contributed by atoms with Crippen LogP contribution in [0.4, 0.5) is 0 Å². The van der Waals surface area contributed by atoms with E-state index in [9.17, 15) is 61.0 Å². The van der Waals surface area contributed by atoms with Crippen LogP contribution in [-0.2, 0) is 33.2 Å². The summed E-state index contributed by atoms with van der Waals surface area (Å²) in [7, 11) is 0. The molecule has 12 N–H and O–H groups in total. The van der Waals surface area contributed by atoms with Crippen LogP contribution in [0.1, 0.15) is 187 Å². The van der Waals surface area contributed by atoms with Crippen molar-refractivity contribution in [2.45, 2.75) is 291 Å². The summed E-state index contributed by atoms with van der Waals surface area (Å²) in [5.74, 6) is -0.322. The van der Waals surface area contributed by atoms with Gasteiger partial charge in [0.1, 0.15) is 73.2 Å². The van der Waals surface area contributed by atoms with Crippen molar-refractivity contribution in [3.8, 4) is 0 Å². The second-order valence-corrected chi connectivity index (χ2v) is 22.1. The molecule has 0 spiro atoms. The first-order chi connectivity index (χ1) is 39.8. The highest BCUT2D eigenvalue weighted by atomic mass is 16.8. The molecule has 19 nitrogen and oxygen atoms in total. The number of nitrogens with one attached hydrogen (secondary N) is 1. The highest BCUT2D eigenvalue weighted by Gasteiger charge is 2.53. The molecule has 3 aliphatic heterocycles. The largest absolute Gasteiger partial charge is 0.394 e. The maximum atomic E-state index is 13.3. The van der Waals surface area contributed by atoms with Crippen molar-refractivity contribution in [3.05, 3.63) is 72.9 Å². The Morgan fingerprint density at radius 1 is 0.451 bits per heavy atom. The normalized spacial score (nSPS) is 30.1. The summed E-state index contributed by atoms with van der Waals surface area (Å²) in [5.41, 5.74) is 0. The van der Waals surface area contributed by atoms with Gasteiger partial charge in [0.15, 0.2) is 18.9 Å². The Balaban J connectivity index is 1.50. The minimum atomic E-state index is -1.99. The van der Waals surface area contributed by atoms with E-state index in [1.54, 1.807) is 6.08 Å². The highest BCUT2D eigenvalue weighted by Crippen LogP contribution is 2.33. The molecule has 19 heteroatoms. The van der Waals surface area contributed by atoms with E-state index in [4.69, 9.17) is 28.4 Å². The summed E-state index contributed by atoms with van der Waals surface area (Å²) >= 11 is 0. The SMILES string of the molecule is CC/C=C\C/C=C\C/C=C\CCCCCC(=O)NC(COC1OC(CO)C(OC2OC(CO)C(OC3OC(CO)C(O)C(O)C3O)C(O)C2O)C(O)C1O)C(O)/C=C/CC/C=C/CC/C=C/CCCCCCCCCCCCCCCC. The second-order valence-electron chi connectivity index (χ2n) is 22.1. The third-order valence-electron chi connectivity index (χ3n) is 15.2. The summed E-state index contributed by atoms with van der Waals surface area (Å²) in [6.07, 6.45) is 27.6. The Hall–Kier alpha value is -2.77. The predicted molar refractivity (Wildman–Crippen MR) is 314 cm³/mol. The number of aliphatic hydroxyl groups excluding tert-OH is 11. The second kappa shape index (κ2) is 45.5. The van der Waals surface area contributed by atoms with Gasteiger partial charge in [0.05, 0.1) is 38.6 Å². The lowest BCUT2D eigenvalue weighted by molar-refractivity contribution is -0.379. The molecule has 3 rings (SSSR count). The quantitative estimate of drug-likeness (QED) is 0.0238. The molecule has 1 amide bonds. The fraction of sp³-hybridized carbons (Fsp3) is 0.794. The Morgan fingerprint density at radius 3 is 1.37 bits per heavy atom. The maximum Gasteiger partial charge on any atom is 0.220 e. The number of unbranched alkanes of at least 4 members (excludes halogenated alkanes) is 19. The topological polar surface area (TPSA) is 307 Å². The zero-order chi connectivity index (χ0) is 59.7. The summed E-state index contributed by atoms with van der Waals surface area (Å²) in [6.45, 7) is 1.54. The number of hydrogen-bond donors (Lipinski definition) is 12. The zero-order valence-electron chi connectivity index (χ0n) is 49.4. The van der Waals surface area contributed by atoms with Crippen LogP contribution in [0, 0.1) is 0 Å². The van der Waals surface area contributed by atoms with Gasteiger partial charge in [-0.3, -0.25) is 4.79 Å².